The molecule has 0 saturated heterocycles. The molecule has 23 heavy (non-hydrogen) atoms. The van der Waals surface area contributed by atoms with Gasteiger partial charge in [-0.2, -0.15) is 0 Å². The van der Waals surface area contributed by atoms with Gasteiger partial charge in [-0.25, -0.2) is 4.79 Å². The van der Waals surface area contributed by atoms with Crippen LogP contribution in [0.5, 0.6) is 5.75 Å². The number of amides is 1. The molecule has 1 aliphatic heterocycles. The number of anilines is 1. The van der Waals surface area contributed by atoms with E-state index in [4.69, 9.17) is 9.47 Å². The summed E-state index contributed by atoms with van der Waals surface area (Å²) in [7, 11) is 0. The van der Waals surface area contributed by atoms with Crippen LogP contribution < -0.4 is 15.0 Å². The lowest BCUT2D eigenvalue weighted by molar-refractivity contribution is -0.133. The van der Waals surface area contributed by atoms with E-state index in [1.54, 1.807) is 11.0 Å². The number of esters is 1. The highest BCUT2D eigenvalue weighted by molar-refractivity contribution is 5.89. The first kappa shape index (κ1) is 17.3. The fraction of sp³-hybridized carbons (Fsp3) is 0.529. The van der Waals surface area contributed by atoms with Gasteiger partial charge in [-0.05, 0) is 44.9 Å². The molecule has 1 heterocycles. The standard InChI is InChI=1S/C17H24N2O4/c1-12(2)22-8-4-7-18-16(20)10-19-11-17(21)23-15-9-13(3)5-6-14(15)19/h5-6,9,12H,4,7-8,10-11H2,1-3H3,(H,18,20). The van der Waals surface area contributed by atoms with Crippen molar-refractivity contribution in [2.75, 3.05) is 31.1 Å². The van der Waals surface area contributed by atoms with Crippen LogP contribution in [-0.4, -0.2) is 44.2 Å². The molecule has 6 nitrogen and oxygen atoms in total. The van der Waals surface area contributed by atoms with Gasteiger partial charge in [-0.3, -0.25) is 4.79 Å². The Labute approximate surface area is 136 Å². The highest BCUT2D eigenvalue weighted by atomic mass is 16.5. The predicted octanol–water partition coefficient (Wildman–Crippen LogP) is 1.65. The molecule has 6 heteroatoms. The van der Waals surface area contributed by atoms with Crippen molar-refractivity contribution >= 4 is 17.6 Å². The average Bonchev–Trinajstić information content (AvgIpc) is 2.45. The van der Waals surface area contributed by atoms with Gasteiger partial charge in [0.1, 0.15) is 6.54 Å². The molecule has 0 atom stereocenters. The zero-order valence-corrected chi connectivity index (χ0v) is 13.9. The van der Waals surface area contributed by atoms with E-state index in [0.717, 1.165) is 17.7 Å². The predicted molar refractivity (Wildman–Crippen MR) is 87.7 cm³/mol. The van der Waals surface area contributed by atoms with Crippen molar-refractivity contribution in [3.8, 4) is 5.75 Å². The van der Waals surface area contributed by atoms with E-state index in [-0.39, 0.29) is 31.1 Å². The van der Waals surface area contributed by atoms with Gasteiger partial charge in [0.25, 0.3) is 0 Å². The zero-order chi connectivity index (χ0) is 16.8. The van der Waals surface area contributed by atoms with Crippen molar-refractivity contribution in [2.45, 2.75) is 33.3 Å². The summed E-state index contributed by atoms with van der Waals surface area (Å²) in [5.41, 5.74) is 1.78. The Kier molecular flexibility index (Phi) is 5.98. The quantitative estimate of drug-likeness (QED) is 0.470. The summed E-state index contributed by atoms with van der Waals surface area (Å²) >= 11 is 0. The molecule has 0 radical (unpaired) electrons. The number of aryl methyl sites for hydroxylation is 1. The number of nitrogens with one attached hydrogen (secondary N) is 1. The maximum atomic E-state index is 12.0. The Hall–Kier alpha value is -2.08. The van der Waals surface area contributed by atoms with Gasteiger partial charge in [0.15, 0.2) is 5.75 Å². The molecule has 0 unspecified atom stereocenters. The van der Waals surface area contributed by atoms with Crippen molar-refractivity contribution in [3.05, 3.63) is 23.8 Å². The molecule has 0 aliphatic carbocycles. The third-order valence-electron chi connectivity index (χ3n) is 3.43. The third kappa shape index (κ3) is 5.25. The van der Waals surface area contributed by atoms with Crippen LogP contribution >= 0.6 is 0 Å². The Morgan fingerprint density at radius 3 is 2.96 bits per heavy atom. The summed E-state index contributed by atoms with van der Waals surface area (Å²) in [6.45, 7) is 7.29. The Morgan fingerprint density at radius 1 is 1.43 bits per heavy atom. The summed E-state index contributed by atoms with van der Waals surface area (Å²) in [6, 6.07) is 5.62. The molecule has 0 fully saturated rings. The molecule has 126 valence electrons. The first-order valence-electron chi connectivity index (χ1n) is 7.90. The van der Waals surface area contributed by atoms with Crippen LogP contribution in [0, 0.1) is 6.92 Å². The van der Waals surface area contributed by atoms with Crippen LogP contribution in [-0.2, 0) is 14.3 Å². The third-order valence-corrected chi connectivity index (χ3v) is 3.43. The van der Waals surface area contributed by atoms with E-state index in [1.807, 2.05) is 32.9 Å². The number of hydrogen-bond acceptors (Lipinski definition) is 5. The average molecular weight is 320 g/mol. The lowest BCUT2D eigenvalue weighted by Gasteiger charge is -2.29. The molecule has 1 amide bonds. The smallest absolute Gasteiger partial charge is 0.331 e. The number of ether oxygens (including phenoxy) is 2. The number of rotatable bonds is 7. The molecular formula is C17H24N2O4. The first-order chi connectivity index (χ1) is 11.0. The number of carbonyl (C=O) groups excluding carboxylic acids is 2. The second kappa shape index (κ2) is 7.97. The lowest BCUT2D eigenvalue weighted by atomic mass is 10.1. The fourth-order valence-corrected chi connectivity index (χ4v) is 2.35. The van der Waals surface area contributed by atoms with Crippen LogP contribution in [0.1, 0.15) is 25.8 Å². The molecule has 1 aromatic carbocycles. The summed E-state index contributed by atoms with van der Waals surface area (Å²) < 4.78 is 10.7. The number of benzene rings is 1. The highest BCUT2D eigenvalue weighted by Crippen LogP contribution is 2.32. The number of carbonyl (C=O) groups is 2. The van der Waals surface area contributed by atoms with E-state index >= 15 is 0 Å². The summed E-state index contributed by atoms with van der Waals surface area (Å²) in [4.78, 5) is 25.5. The summed E-state index contributed by atoms with van der Waals surface area (Å²) in [6.07, 6.45) is 0.965. The van der Waals surface area contributed by atoms with E-state index in [0.29, 0.717) is 18.9 Å². The molecule has 0 spiro atoms. The fourth-order valence-electron chi connectivity index (χ4n) is 2.35. The Balaban J connectivity index is 1.85. The van der Waals surface area contributed by atoms with Gasteiger partial charge in [-0.1, -0.05) is 6.07 Å². The minimum absolute atomic E-state index is 0.0833. The second-order valence-electron chi connectivity index (χ2n) is 5.92. The molecule has 1 N–H and O–H groups in total. The van der Waals surface area contributed by atoms with Gasteiger partial charge < -0.3 is 19.7 Å². The van der Waals surface area contributed by atoms with Gasteiger partial charge in [0.05, 0.1) is 18.3 Å². The van der Waals surface area contributed by atoms with E-state index < -0.39 is 0 Å². The second-order valence-corrected chi connectivity index (χ2v) is 5.92. The van der Waals surface area contributed by atoms with Crippen molar-refractivity contribution in [3.63, 3.8) is 0 Å². The highest BCUT2D eigenvalue weighted by Gasteiger charge is 2.25. The molecule has 2 rings (SSSR count). The molecule has 0 bridgehead atoms. The zero-order valence-electron chi connectivity index (χ0n) is 13.9. The number of nitrogens with zero attached hydrogens (tertiary/aromatic N) is 1. The monoisotopic (exact) mass is 320 g/mol. The molecule has 0 aromatic heterocycles. The van der Waals surface area contributed by atoms with Crippen molar-refractivity contribution < 1.29 is 19.1 Å². The molecular weight excluding hydrogens is 296 g/mol. The molecule has 1 aromatic rings. The summed E-state index contributed by atoms with van der Waals surface area (Å²) in [5.74, 6) is 0.0522. The largest absolute Gasteiger partial charge is 0.423 e. The topological polar surface area (TPSA) is 67.9 Å². The van der Waals surface area contributed by atoms with Gasteiger partial charge in [-0.15, -0.1) is 0 Å². The first-order valence-corrected chi connectivity index (χ1v) is 7.90. The van der Waals surface area contributed by atoms with Crippen molar-refractivity contribution in [2.24, 2.45) is 0 Å². The minimum atomic E-state index is -0.346. The lowest BCUT2D eigenvalue weighted by Crippen LogP contribution is -2.43. The number of fused-ring (bicyclic) bond motifs is 1. The normalized spacial score (nSPS) is 13.7. The molecule has 0 saturated carbocycles. The Bertz CT molecular complexity index is 572. The van der Waals surface area contributed by atoms with Crippen LogP contribution in [0.4, 0.5) is 5.69 Å². The van der Waals surface area contributed by atoms with Gasteiger partial charge in [0, 0.05) is 13.2 Å². The maximum absolute atomic E-state index is 12.0. The van der Waals surface area contributed by atoms with Crippen LogP contribution in [0.3, 0.4) is 0 Å². The van der Waals surface area contributed by atoms with Crippen molar-refractivity contribution in [1.29, 1.82) is 0 Å². The van der Waals surface area contributed by atoms with E-state index in [2.05, 4.69) is 5.32 Å². The van der Waals surface area contributed by atoms with Gasteiger partial charge >= 0.3 is 5.97 Å². The van der Waals surface area contributed by atoms with Gasteiger partial charge in [0.2, 0.25) is 5.91 Å². The summed E-state index contributed by atoms with van der Waals surface area (Å²) in [5, 5.41) is 2.85. The van der Waals surface area contributed by atoms with Crippen LogP contribution in [0.2, 0.25) is 0 Å². The van der Waals surface area contributed by atoms with E-state index in [1.165, 1.54) is 0 Å². The minimum Gasteiger partial charge on any atom is -0.423 e. The molecule has 1 aliphatic rings. The maximum Gasteiger partial charge on any atom is 0.331 e. The number of hydrogen-bond donors (Lipinski definition) is 1. The Morgan fingerprint density at radius 2 is 2.22 bits per heavy atom. The van der Waals surface area contributed by atoms with Crippen LogP contribution in [0.25, 0.3) is 0 Å². The van der Waals surface area contributed by atoms with E-state index in [9.17, 15) is 9.59 Å². The van der Waals surface area contributed by atoms with Crippen molar-refractivity contribution in [1.82, 2.24) is 5.32 Å². The SMILES string of the molecule is Cc1ccc2c(c1)OC(=O)CN2CC(=O)NCCCOC(C)C. The van der Waals surface area contributed by atoms with Crippen LogP contribution in [0.15, 0.2) is 18.2 Å².